The van der Waals surface area contributed by atoms with E-state index in [-0.39, 0.29) is 5.91 Å². The van der Waals surface area contributed by atoms with Crippen LogP contribution in [0.5, 0.6) is 5.75 Å². The van der Waals surface area contributed by atoms with E-state index in [1.165, 1.54) is 27.7 Å². The lowest BCUT2D eigenvalue weighted by atomic mass is 9.97. The van der Waals surface area contributed by atoms with Crippen LogP contribution in [-0.4, -0.2) is 30.2 Å². The van der Waals surface area contributed by atoms with E-state index < -0.39 is 0 Å². The van der Waals surface area contributed by atoms with Crippen LogP contribution in [0.15, 0.2) is 42.5 Å². The standard InChI is InChI=1S/C23H25N3O2/c27-22(25-16-5-2-1-3-6-16)15-26-19-11-13-24-12-10-17(19)23-18-7-4-14-28-21(18)9-8-20(23)26/h1-3,5-6,8-9,24H,4,7,10-15H2,(H,25,27). The highest BCUT2D eigenvalue weighted by molar-refractivity contribution is 5.95. The number of amides is 1. The van der Waals surface area contributed by atoms with Gasteiger partial charge < -0.3 is 19.9 Å². The molecule has 0 bridgehead atoms. The summed E-state index contributed by atoms with van der Waals surface area (Å²) in [5, 5.41) is 7.85. The van der Waals surface area contributed by atoms with Crippen molar-refractivity contribution >= 4 is 22.5 Å². The van der Waals surface area contributed by atoms with E-state index in [2.05, 4.69) is 27.3 Å². The van der Waals surface area contributed by atoms with Crippen LogP contribution in [0.4, 0.5) is 5.69 Å². The molecule has 3 heterocycles. The Balaban J connectivity index is 1.58. The third kappa shape index (κ3) is 3.06. The second-order valence-corrected chi connectivity index (χ2v) is 7.56. The third-order valence-corrected chi connectivity index (χ3v) is 5.79. The SMILES string of the molecule is O=C(Cn1c2c(c3c4c(ccc31)OCCC4)CCNCC2)Nc1ccccc1. The smallest absolute Gasteiger partial charge is 0.244 e. The minimum atomic E-state index is 0.0112. The number of anilines is 1. The molecule has 0 saturated heterocycles. The van der Waals surface area contributed by atoms with Gasteiger partial charge in [-0.05, 0) is 55.6 Å². The van der Waals surface area contributed by atoms with Crippen molar-refractivity contribution < 1.29 is 9.53 Å². The van der Waals surface area contributed by atoms with Crippen LogP contribution in [0.3, 0.4) is 0 Å². The number of aryl methyl sites for hydroxylation is 1. The molecule has 28 heavy (non-hydrogen) atoms. The van der Waals surface area contributed by atoms with E-state index in [9.17, 15) is 4.79 Å². The second kappa shape index (κ2) is 7.32. The number of hydrogen-bond donors (Lipinski definition) is 2. The minimum absolute atomic E-state index is 0.0112. The fourth-order valence-electron chi connectivity index (χ4n) is 4.59. The average molecular weight is 375 g/mol. The first kappa shape index (κ1) is 17.3. The summed E-state index contributed by atoms with van der Waals surface area (Å²) in [6, 6.07) is 13.9. The maximum absolute atomic E-state index is 12.8. The van der Waals surface area contributed by atoms with Gasteiger partial charge in [0, 0.05) is 40.8 Å². The number of carbonyl (C=O) groups is 1. The molecule has 0 fully saturated rings. The highest BCUT2D eigenvalue weighted by Gasteiger charge is 2.25. The van der Waals surface area contributed by atoms with Gasteiger partial charge in [0.1, 0.15) is 12.3 Å². The number of fused-ring (bicyclic) bond motifs is 5. The highest BCUT2D eigenvalue weighted by atomic mass is 16.5. The summed E-state index contributed by atoms with van der Waals surface area (Å²) in [5.41, 5.74) is 6.02. The fraction of sp³-hybridized carbons (Fsp3) is 0.348. The Kier molecular flexibility index (Phi) is 4.53. The molecule has 0 spiro atoms. The number of carbonyl (C=O) groups excluding carboxylic acids is 1. The molecule has 3 aromatic rings. The van der Waals surface area contributed by atoms with Crippen molar-refractivity contribution in [1.29, 1.82) is 0 Å². The van der Waals surface area contributed by atoms with Gasteiger partial charge in [-0.2, -0.15) is 0 Å². The summed E-state index contributed by atoms with van der Waals surface area (Å²) < 4.78 is 8.15. The summed E-state index contributed by atoms with van der Waals surface area (Å²) in [4.78, 5) is 12.8. The van der Waals surface area contributed by atoms with Crippen molar-refractivity contribution in [3.05, 3.63) is 59.3 Å². The van der Waals surface area contributed by atoms with Gasteiger partial charge in [-0.15, -0.1) is 0 Å². The third-order valence-electron chi connectivity index (χ3n) is 5.79. The first-order valence-electron chi connectivity index (χ1n) is 10.2. The van der Waals surface area contributed by atoms with Crippen LogP contribution in [0.25, 0.3) is 10.9 Å². The largest absolute Gasteiger partial charge is 0.493 e. The topological polar surface area (TPSA) is 55.3 Å². The maximum Gasteiger partial charge on any atom is 0.244 e. The van der Waals surface area contributed by atoms with E-state index in [1.807, 2.05) is 30.3 Å². The molecule has 5 heteroatoms. The molecule has 2 aromatic carbocycles. The van der Waals surface area contributed by atoms with Crippen molar-refractivity contribution in [2.45, 2.75) is 32.2 Å². The molecule has 0 radical (unpaired) electrons. The minimum Gasteiger partial charge on any atom is -0.493 e. The van der Waals surface area contributed by atoms with Crippen LogP contribution in [-0.2, 0) is 30.6 Å². The van der Waals surface area contributed by atoms with E-state index in [0.717, 1.165) is 56.8 Å². The molecular weight excluding hydrogens is 350 g/mol. The van der Waals surface area contributed by atoms with Crippen LogP contribution in [0.1, 0.15) is 23.2 Å². The van der Waals surface area contributed by atoms with Gasteiger partial charge >= 0.3 is 0 Å². The summed E-state index contributed by atoms with van der Waals surface area (Å²) in [7, 11) is 0. The van der Waals surface area contributed by atoms with E-state index >= 15 is 0 Å². The normalized spacial score (nSPS) is 16.0. The molecule has 0 atom stereocenters. The second-order valence-electron chi connectivity index (χ2n) is 7.56. The van der Waals surface area contributed by atoms with Gasteiger partial charge in [0.15, 0.2) is 0 Å². The molecule has 5 rings (SSSR count). The number of nitrogens with one attached hydrogen (secondary N) is 2. The van der Waals surface area contributed by atoms with Crippen LogP contribution in [0.2, 0.25) is 0 Å². The zero-order valence-electron chi connectivity index (χ0n) is 16.0. The van der Waals surface area contributed by atoms with E-state index in [0.29, 0.717) is 6.54 Å². The fourth-order valence-corrected chi connectivity index (χ4v) is 4.59. The Morgan fingerprint density at radius 3 is 2.79 bits per heavy atom. The Bertz CT molecular complexity index is 1020. The van der Waals surface area contributed by atoms with Crippen LogP contribution >= 0.6 is 0 Å². The lowest BCUT2D eigenvalue weighted by Gasteiger charge is -2.19. The molecule has 0 aliphatic carbocycles. The molecule has 0 saturated carbocycles. The molecule has 2 aliphatic heterocycles. The summed E-state index contributed by atoms with van der Waals surface area (Å²) >= 11 is 0. The Morgan fingerprint density at radius 2 is 1.89 bits per heavy atom. The maximum atomic E-state index is 12.8. The Hall–Kier alpha value is -2.79. The van der Waals surface area contributed by atoms with E-state index in [4.69, 9.17) is 4.74 Å². The molecule has 2 aliphatic rings. The number of ether oxygens (including phenoxy) is 1. The molecular formula is C23H25N3O2. The molecule has 0 unspecified atom stereocenters. The monoisotopic (exact) mass is 375 g/mol. The summed E-state index contributed by atoms with van der Waals surface area (Å²) in [6.45, 7) is 3.05. The van der Waals surface area contributed by atoms with Crippen molar-refractivity contribution in [2.75, 3.05) is 25.0 Å². The van der Waals surface area contributed by atoms with Crippen molar-refractivity contribution in [1.82, 2.24) is 9.88 Å². The predicted octanol–water partition coefficient (Wildman–Crippen LogP) is 3.29. The van der Waals surface area contributed by atoms with E-state index in [1.54, 1.807) is 0 Å². The Labute approximate surface area is 164 Å². The van der Waals surface area contributed by atoms with Gasteiger partial charge in [-0.1, -0.05) is 18.2 Å². The van der Waals surface area contributed by atoms with Crippen molar-refractivity contribution in [3.63, 3.8) is 0 Å². The van der Waals surface area contributed by atoms with Gasteiger partial charge in [-0.3, -0.25) is 4.79 Å². The number of benzene rings is 2. The lowest BCUT2D eigenvalue weighted by Crippen LogP contribution is -2.21. The number of para-hydroxylation sites is 1. The number of hydrogen-bond acceptors (Lipinski definition) is 3. The quantitative estimate of drug-likeness (QED) is 0.739. The average Bonchev–Trinajstić information content (AvgIpc) is 2.87. The van der Waals surface area contributed by atoms with Gasteiger partial charge in [-0.25, -0.2) is 0 Å². The molecule has 2 N–H and O–H groups in total. The number of aromatic nitrogens is 1. The first-order chi connectivity index (χ1) is 13.8. The molecule has 1 aromatic heterocycles. The van der Waals surface area contributed by atoms with Gasteiger partial charge in [0.25, 0.3) is 0 Å². The highest BCUT2D eigenvalue weighted by Crippen LogP contribution is 2.38. The summed E-state index contributed by atoms with van der Waals surface area (Å²) in [5.74, 6) is 1.03. The van der Waals surface area contributed by atoms with Gasteiger partial charge in [0.05, 0.1) is 6.61 Å². The predicted molar refractivity (Wildman–Crippen MR) is 111 cm³/mol. The Morgan fingerprint density at radius 1 is 1.04 bits per heavy atom. The van der Waals surface area contributed by atoms with Crippen molar-refractivity contribution in [3.8, 4) is 5.75 Å². The molecule has 1 amide bonds. The zero-order chi connectivity index (χ0) is 18.9. The van der Waals surface area contributed by atoms with Crippen molar-refractivity contribution in [2.24, 2.45) is 0 Å². The lowest BCUT2D eigenvalue weighted by molar-refractivity contribution is -0.116. The molecule has 5 nitrogen and oxygen atoms in total. The number of rotatable bonds is 3. The zero-order valence-corrected chi connectivity index (χ0v) is 16.0. The number of nitrogens with zero attached hydrogens (tertiary/aromatic N) is 1. The summed E-state index contributed by atoms with van der Waals surface area (Å²) in [6.07, 6.45) is 4.04. The molecule has 144 valence electrons. The van der Waals surface area contributed by atoms with Gasteiger partial charge in [0.2, 0.25) is 5.91 Å². The van der Waals surface area contributed by atoms with Crippen LogP contribution in [0, 0.1) is 0 Å². The first-order valence-corrected chi connectivity index (χ1v) is 10.2. The van der Waals surface area contributed by atoms with Crippen LogP contribution < -0.4 is 15.4 Å².